The van der Waals surface area contributed by atoms with Gasteiger partial charge in [0, 0.05) is 22.6 Å². The van der Waals surface area contributed by atoms with Crippen LogP contribution in [0.15, 0.2) is 36.4 Å². The number of benzene rings is 2. The van der Waals surface area contributed by atoms with Gasteiger partial charge in [0.2, 0.25) is 5.91 Å². The summed E-state index contributed by atoms with van der Waals surface area (Å²) in [7, 11) is 0. The van der Waals surface area contributed by atoms with Gasteiger partial charge in [-0.15, -0.1) is 0 Å². The fourth-order valence-electron chi connectivity index (χ4n) is 4.31. The van der Waals surface area contributed by atoms with E-state index in [4.69, 9.17) is 27.9 Å². The maximum absolute atomic E-state index is 13.4. The van der Waals surface area contributed by atoms with E-state index in [-0.39, 0.29) is 31.0 Å². The maximum atomic E-state index is 13.4. The number of rotatable bonds is 9. The molecule has 0 unspecified atom stereocenters. The molecule has 7 heteroatoms. The van der Waals surface area contributed by atoms with E-state index in [1.54, 1.807) is 11.0 Å². The molecule has 1 aliphatic rings. The Bertz CT molecular complexity index is 966. The zero-order valence-corrected chi connectivity index (χ0v) is 21.0. The average molecular weight is 491 g/mol. The summed E-state index contributed by atoms with van der Waals surface area (Å²) in [5.74, 6) is 0.181. The molecule has 1 aliphatic carbocycles. The van der Waals surface area contributed by atoms with Gasteiger partial charge in [-0.05, 0) is 68.0 Å². The minimum Gasteiger partial charge on any atom is -0.484 e. The molecule has 0 radical (unpaired) electrons. The first-order valence-electron chi connectivity index (χ1n) is 11.5. The number of aryl methyl sites for hydroxylation is 2. The summed E-state index contributed by atoms with van der Waals surface area (Å²) in [5.41, 5.74) is 2.56. The molecule has 0 heterocycles. The van der Waals surface area contributed by atoms with Crippen LogP contribution in [0.25, 0.3) is 0 Å². The quantitative estimate of drug-likeness (QED) is 0.479. The highest BCUT2D eigenvalue weighted by molar-refractivity contribution is 6.32. The van der Waals surface area contributed by atoms with E-state index in [1.807, 2.05) is 51.1 Å². The van der Waals surface area contributed by atoms with Crippen molar-refractivity contribution in [2.45, 2.75) is 71.5 Å². The van der Waals surface area contributed by atoms with Crippen molar-refractivity contribution >= 4 is 35.0 Å². The van der Waals surface area contributed by atoms with Gasteiger partial charge in [0.1, 0.15) is 11.8 Å². The van der Waals surface area contributed by atoms with Gasteiger partial charge in [-0.2, -0.15) is 0 Å². The summed E-state index contributed by atoms with van der Waals surface area (Å²) < 4.78 is 5.83. The summed E-state index contributed by atoms with van der Waals surface area (Å²) in [6.45, 7) is 5.76. The van der Waals surface area contributed by atoms with Crippen LogP contribution in [0.2, 0.25) is 10.0 Å². The predicted octanol–water partition coefficient (Wildman–Crippen LogP) is 5.86. The van der Waals surface area contributed by atoms with Gasteiger partial charge < -0.3 is 15.0 Å². The summed E-state index contributed by atoms with van der Waals surface area (Å²) in [5, 5.41) is 4.38. The van der Waals surface area contributed by atoms with Crippen molar-refractivity contribution in [3.8, 4) is 5.75 Å². The van der Waals surface area contributed by atoms with Crippen LogP contribution >= 0.6 is 23.2 Å². The predicted molar refractivity (Wildman–Crippen MR) is 133 cm³/mol. The molecule has 0 aromatic heterocycles. The van der Waals surface area contributed by atoms with Gasteiger partial charge in [-0.1, -0.05) is 61.2 Å². The fraction of sp³-hybridized carbons (Fsp3) is 0.462. The van der Waals surface area contributed by atoms with E-state index in [2.05, 4.69) is 5.32 Å². The lowest BCUT2D eigenvalue weighted by molar-refractivity contribution is -0.143. The van der Waals surface area contributed by atoms with Crippen LogP contribution < -0.4 is 10.1 Å². The molecule has 1 N–H and O–H groups in total. The molecule has 178 valence electrons. The number of nitrogens with zero attached hydrogens (tertiary/aromatic N) is 1. The number of hydrogen-bond donors (Lipinski definition) is 1. The van der Waals surface area contributed by atoms with Gasteiger partial charge in [0.25, 0.3) is 5.91 Å². The van der Waals surface area contributed by atoms with Crippen molar-refractivity contribution < 1.29 is 14.3 Å². The van der Waals surface area contributed by atoms with Gasteiger partial charge in [-0.25, -0.2) is 0 Å². The molecule has 2 aromatic rings. The molecule has 5 nitrogen and oxygen atoms in total. The molecule has 2 aromatic carbocycles. The molecular formula is C26H32Cl2N2O3. The highest BCUT2D eigenvalue weighted by Crippen LogP contribution is 2.26. The molecule has 0 saturated heterocycles. The van der Waals surface area contributed by atoms with Crippen LogP contribution in [0.4, 0.5) is 0 Å². The smallest absolute Gasteiger partial charge is 0.261 e. The highest BCUT2D eigenvalue weighted by atomic mass is 35.5. The average Bonchev–Trinajstić information content (AvgIpc) is 3.29. The molecule has 0 spiro atoms. The molecule has 1 atom stereocenters. The number of nitrogens with one attached hydrogen (secondary N) is 1. The Morgan fingerprint density at radius 2 is 1.76 bits per heavy atom. The van der Waals surface area contributed by atoms with Gasteiger partial charge in [0.05, 0.1) is 0 Å². The fourth-order valence-corrected chi connectivity index (χ4v) is 4.62. The summed E-state index contributed by atoms with van der Waals surface area (Å²) in [6.07, 6.45) is 4.71. The summed E-state index contributed by atoms with van der Waals surface area (Å²) in [6, 6.07) is 10.6. The number of carbonyl (C=O) groups excluding carboxylic acids is 2. The second-order valence-electron chi connectivity index (χ2n) is 8.69. The Kier molecular flexibility index (Phi) is 9.04. The second kappa shape index (κ2) is 11.8. The van der Waals surface area contributed by atoms with Crippen molar-refractivity contribution in [2.24, 2.45) is 0 Å². The molecule has 1 saturated carbocycles. The van der Waals surface area contributed by atoms with Gasteiger partial charge in [0.15, 0.2) is 6.61 Å². The standard InChI is InChI=1S/C26H32Cl2N2O3/c1-4-23(26(32)29-20-10-6-7-11-20)30(15-19-9-5-8-12-22(19)27)24(31)16-33-21-13-17(2)25(28)18(3)14-21/h5,8-9,12-14,20,23H,4,6-7,10-11,15-16H2,1-3H3,(H,29,32)/t23-/m0/s1. The Morgan fingerprint density at radius 3 is 2.36 bits per heavy atom. The maximum Gasteiger partial charge on any atom is 0.261 e. The second-order valence-corrected chi connectivity index (χ2v) is 9.47. The minimum absolute atomic E-state index is 0.122. The Morgan fingerprint density at radius 1 is 1.12 bits per heavy atom. The summed E-state index contributed by atoms with van der Waals surface area (Å²) >= 11 is 12.6. The third-order valence-electron chi connectivity index (χ3n) is 6.16. The van der Waals surface area contributed by atoms with Crippen LogP contribution in [0.1, 0.15) is 55.7 Å². The van der Waals surface area contributed by atoms with Crippen LogP contribution in [0.5, 0.6) is 5.75 Å². The Labute approximate surface area is 206 Å². The van der Waals surface area contributed by atoms with Crippen LogP contribution in [0, 0.1) is 13.8 Å². The van der Waals surface area contributed by atoms with Crippen LogP contribution in [-0.4, -0.2) is 35.4 Å². The van der Waals surface area contributed by atoms with Crippen molar-refractivity contribution in [1.29, 1.82) is 0 Å². The first-order valence-corrected chi connectivity index (χ1v) is 12.3. The monoisotopic (exact) mass is 490 g/mol. The first kappa shape index (κ1) is 25.4. The third kappa shape index (κ3) is 6.64. The van der Waals surface area contributed by atoms with Crippen molar-refractivity contribution in [2.75, 3.05) is 6.61 Å². The van der Waals surface area contributed by atoms with Crippen molar-refractivity contribution in [3.05, 3.63) is 63.1 Å². The summed E-state index contributed by atoms with van der Waals surface area (Å²) in [4.78, 5) is 28.1. The molecular weight excluding hydrogens is 459 g/mol. The highest BCUT2D eigenvalue weighted by Gasteiger charge is 2.31. The Hall–Kier alpha value is -2.24. The van der Waals surface area contributed by atoms with E-state index in [0.717, 1.165) is 42.4 Å². The number of halogens is 2. The normalized spacial score (nSPS) is 14.7. The number of carbonyl (C=O) groups is 2. The number of hydrogen-bond acceptors (Lipinski definition) is 3. The molecule has 1 fully saturated rings. The molecule has 0 bridgehead atoms. The molecule has 0 aliphatic heterocycles. The van der Waals surface area contributed by atoms with E-state index in [9.17, 15) is 9.59 Å². The molecule has 2 amide bonds. The van der Waals surface area contributed by atoms with E-state index in [0.29, 0.717) is 22.2 Å². The minimum atomic E-state index is -0.605. The van der Waals surface area contributed by atoms with Gasteiger partial charge in [-0.3, -0.25) is 9.59 Å². The SMILES string of the molecule is CC[C@@H](C(=O)NC1CCCC1)N(Cc1ccccc1Cl)C(=O)COc1cc(C)c(Cl)c(C)c1. The number of amides is 2. The lowest BCUT2D eigenvalue weighted by Gasteiger charge is -2.31. The topological polar surface area (TPSA) is 58.6 Å². The molecule has 33 heavy (non-hydrogen) atoms. The number of ether oxygens (including phenoxy) is 1. The van der Waals surface area contributed by atoms with E-state index < -0.39 is 6.04 Å². The van der Waals surface area contributed by atoms with Crippen molar-refractivity contribution in [3.63, 3.8) is 0 Å². The zero-order chi connectivity index (χ0) is 24.0. The van der Waals surface area contributed by atoms with Crippen LogP contribution in [0.3, 0.4) is 0 Å². The Balaban J connectivity index is 1.79. The van der Waals surface area contributed by atoms with E-state index in [1.165, 1.54) is 0 Å². The van der Waals surface area contributed by atoms with E-state index >= 15 is 0 Å². The lowest BCUT2D eigenvalue weighted by atomic mass is 10.1. The zero-order valence-electron chi connectivity index (χ0n) is 19.5. The van der Waals surface area contributed by atoms with Gasteiger partial charge >= 0.3 is 0 Å². The lowest BCUT2D eigenvalue weighted by Crippen LogP contribution is -2.52. The third-order valence-corrected chi connectivity index (χ3v) is 7.12. The first-order chi connectivity index (χ1) is 15.8. The van der Waals surface area contributed by atoms with Crippen LogP contribution in [-0.2, 0) is 16.1 Å². The largest absolute Gasteiger partial charge is 0.484 e. The molecule has 3 rings (SSSR count). The van der Waals surface area contributed by atoms with Crippen molar-refractivity contribution in [1.82, 2.24) is 10.2 Å².